The predicted octanol–water partition coefficient (Wildman–Crippen LogP) is 3.74. The molecule has 0 aliphatic rings. The first-order valence-corrected chi connectivity index (χ1v) is 6.86. The van der Waals surface area contributed by atoms with Crippen molar-refractivity contribution in [1.82, 2.24) is 5.43 Å². The maximum absolute atomic E-state index is 13.8. The third-order valence-corrected chi connectivity index (χ3v) is 4.14. The van der Waals surface area contributed by atoms with E-state index in [-0.39, 0.29) is 0 Å². The second-order valence-corrected chi connectivity index (χ2v) is 6.05. The third-order valence-electron chi connectivity index (χ3n) is 2.89. The number of nitrogens with one attached hydrogen (secondary N) is 1. The second kappa shape index (κ2) is 5.96. The zero-order valence-electron chi connectivity index (χ0n) is 10.2. The first-order valence-electron chi connectivity index (χ1n) is 5.67. The fourth-order valence-electron chi connectivity index (χ4n) is 1.87. The molecule has 0 aliphatic carbocycles. The molecular weight excluding hydrogens is 290 g/mol. The molecule has 2 rings (SSSR count). The van der Waals surface area contributed by atoms with E-state index in [1.807, 2.05) is 6.07 Å². The van der Waals surface area contributed by atoms with Crippen LogP contribution in [-0.2, 0) is 6.42 Å². The molecule has 1 aromatic heterocycles. The van der Waals surface area contributed by atoms with Gasteiger partial charge >= 0.3 is 0 Å². The van der Waals surface area contributed by atoms with Gasteiger partial charge in [-0.25, -0.2) is 8.78 Å². The molecule has 1 atom stereocenters. The van der Waals surface area contributed by atoms with E-state index in [1.165, 1.54) is 17.4 Å². The van der Waals surface area contributed by atoms with Gasteiger partial charge in [-0.15, -0.1) is 11.3 Å². The topological polar surface area (TPSA) is 38.0 Å². The van der Waals surface area contributed by atoms with Gasteiger partial charge in [0.2, 0.25) is 0 Å². The second-order valence-electron chi connectivity index (χ2n) is 4.25. The van der Waals surface area contributed by atoms with Crippen LogP contribution < -0.4 is 11.3 Å². The molecule has 1 aromatic carbocycles. The van der Waals surface area contributed by atoms with Gasteiger partial charge in [-0.1, -0.05) is 11.6 Å². The Bertz CT molecular complexity index is 586. The van der Waals surface area contributed by atoms with Crippen LogP contribution >= 0.6 is 22.9 Å². The van der Waals surface area contributed by atoms with Crippen LogP contribution in [0.5, 0.6) is 0 Å². The van der Waals surface area contributed by atoms with Crippen molar-refractivity contribution in [2.24, 2.45) is 5.84 Å². The Morgan fingerprint density at radius 3 is 2.63 bits per heavy atom. The number of halogens is 3. The van der Waals surface area contributed by atoms with Gasteiger partial charge in [0, 0.05) is 22.9 Å². The summed E-state index contributed by atoms with van der Waals surface area (Å²) in [5.41, 5.74) is 3.31. The molecule has 2 nitrogen and oxygen atoms in total. The van der Waals surface area contributed by atoms with Crippen LogP contribution in [0, 0.1) is 18.6 Å². The molecule has 0 radical (unpaired) electrons. The number of nitrogens with two attached hydrogens (primary N) is 1. The zero-order valence-corrected chi connectivity index (χ0v) is 11.8. The summed E-state index contributed by atoms with van der Waals surface area (Å²) in [6.07, 6.45) is 0.496. The van der Waals surface area contributed by atoms with Gasteiger partial charge < -0.3 is 0 Å². The van der Waals surface area contributed by atoms with Crippen molar-refractivity contribution in [2.45, 2.75) is 19.4 Å². The lowest BCUT2D eigenvalue weighted by Gasteiger charge is -2.17. The summed E-state index contributed by atoms with van der Waals surface area (Å²) in [4.78, 5) is 0.981. The average molecular weight is 303 g/mol. The van der Waals surface area contributed by atoms with Crippen LogP contribution in [0.1, 0.15) is 22.0 Å². The Morgan fingerprint density at radius 2 is 2.05 bits per heavy atom. The fraction of sp³-hybridized carbons (Fsp3) is 0.231. The first kappa shape index (κ1) is 14.4. The van der Waals surface area contributed by atoms with Crippen molar-refractivity contribution in [3.8, 4) is 0 Å². The number of aryl methyl sites for hydroxylation is 1. The van der Waals surface area contributed by atoms with Crippen molar-refractivity contribution in [3.63, 3.8) is 0 Å². The van der Waals surface area contributed by atoms with Crippen LogP contribution in [0.15, 0.2) is 24.3 Å². The molecule has 0 spiro atoms. The van der Waals surface area contributed by atoms with Gasteiger partial charge in [0.1, 0.15) is 11.6 Å². The first-order chi connectivity index (χ1) is 9.01. The van der Waals surface area contributed by atoms with E-state index in [1.54, 1.807) is 13.0 Å². The number of hydrazine groups is 1. The highest BCUT2D eigenvalue weighted by Gasteiger charge is 2.18. The highest BCUT2D eigenvalue weighted by Crippen LogP contribution is 2.28. The lowest BCUT2D eigenvalue weighted by Crippen LogP contribution is -2.30. The van der Waals surface area contributed by atoms with E-state index < -0.39 is 17.7 Å². The van der Waals surface area contributed by atoms with E-state index in [0.717, 1.165) is 10.9 Å². The van der Waals surface area contributed by atoms with Crippen molar-refractivity contribution >= 4 is 22.9 Å². The Labute approximate surface area is 119 Å². The van der Waals surface area contributed by atoms with E-state index in [4.69, 9.17) is 17.4 Å². The Hall–Kier alpha value is -1.01. The summed E-state index contributed by atoms with van der Waals surface area (Å²) in [6, 6.07) is 5.59. The predicted molar refractivity (Wildman–Crippen MR) is 74.2 cm³/mol. The van der Waals surface area contributed by atoms with Crippen LogP contribution in [0.25, 0.3) is 0 Å². The van der Waals surface area contributed by atoms with Crippen LogP contribution in [-0.4, -0.2) is 0 Å². The monoisotopic (exact) mass is 302 g/mol. The van der Waals surface area contributed by atoms with Gasteiger partial charge in [0.25, 0.3) is 0 Å². The van der Waals surface area contributed by atoms with E-state index in [0.29, 0.717) is 21.9 Å². The number of rotatable bonds is 4. The van der Waals surface area contributed by atoms with Gasteiger partial charge in [0.15, 0.2) is 0 Å². The lowest BCUT2D eigenvalue weighted by molar-refractivity contribution is 0.502. The number of thiophene rings is 1. The number of benzene rings is 1. The Kier molecular flexibility index (Phi) is 4.52. The molecule has 2 aromatic rings. The summed E-state index contributed by atoms with van der Waals surface area (Å²) in [6.45, 7) is 1.59. The van der Waals surface area contributed by atoms with E-state index in [9.17, 15) is 8.78 Å². The largest absolute Gasteiger partial charge is 0.271 e. The molecule has 102 valence electrons. The molecule has 0 bridgehead atoms. The molecule has 0 fully saturated rings. The number of hydrogen-bond donors (Lipinski definition) is 2. The quantitative estimate of drug-likeness (QED) is 0.667. The summed E-state index contributed by atoms with van der Waals surface area (Å²) in [5, 5.41) is 0. The molecule has 1 heterocycles. The van der Waals surface area contributed by atoms with Crippen molar-refractivity contribution in [1.29, 1.82) is 0 Å². The minimum absolute atomic E-state index is 0.353. The van der Waals surface area contributed by atoms with Crippen LogP contribution in [0.4, 0.5) is 8.78 Å². The summed E-state index contributed by atoms with van der Waals surface area (Å²) in [7, 11) is 0. The maximum atomic E-state index is 13.8. The summed E-state index contributed by atoms with van der Waals surface area (Å²) < 4.78 is 27.7. The third kappa shape index (κ3) is 3.30. The molecular formula is C13H13ClF2N2S. The van der Waals surface area contributed by atoms with E-state index in [2.05, 4.69) is 5.43 Å². The molecule has 1 unspecified atom stereocenters. The zero-order chi connectivity index (χ0) is 14.0. The van der Waals surface area contributed by atoms with E-state index >= 15 is 0 Å². The minimum Gasteiger partial charge on any atom is -0.271 e. The molecule has 19 heavy (non-hydrogen) atoms. The van der Waals surface area contributed by atoms with Gasteiger partial charge in [-0.05, 0) is 30.7 Å². The highest BCUT2D eigenvalue weighted by atomic mass is 35.5. The molecule has 0 amide bonds. The summed E-state index contributed by atoms with van der Waals surface area (Å²) >= 11 is 7.27. The maximum Gasteiger partial charge on any atom is 0.130 e. The lowest BCUT2D eigenvalue weighted by atomic mass is 10.0. The molecule has 6 heteroatoms. The minimum atomic E-state index is -0.603. The Balaban J connectivity index is 2.29. The van der Waals surface area contributed by atoms with Crippen LogP contribution in [0.3, 0.4) is 0 Å². The van der Waals surface area contributed by atoms with Crippen molar-refractivity contribution in [3.05, 3.63) is 56.2 Å². The van der Waals surface area contributed by atoms with Crippen LogP contribution in [0.2, 0.25) is 4.34 Å². The van der Waals surface area contributed by atoms with Gasteiger partial charge in [0.05, 0.1) is 10.4 Å². The normalized spacial score (nSPS) is 12.7. The van der Waals surface area contributed by atoms with Gasteiger partial charge in [-0.3, -0.25) is 11.3 Å². The summed E-state index contributed by atoms with van der Waals surface area (Å²) in [5.74, 6) is 4.32. The smallest absolute Gasteiger partial charge is 0.130 e. The highest BCUT2D eigenvalue weighted by molar-refractivity contribution is 7.16. The SMILES string of the molecule is Cc1cc(C(Cc2ccc(Cl)s2)NN)c(F)cc1F. The van der Waals surface area contributed by atoms with Crippen molar-refractivity contribution in [2.75, 3.05) is 0 Å². The van der Waals surface area contributed by atoms with Gasteiger partial charge in [-0.2, -0.15) is 0 Å². The standard InChI is InChI=1S/C13H13ClF2N2S/c1-7-4-9(11(16)6-10(7)15)12(18-17)5-8-2-3-13(14)19-8/h2-4,6,12,18H,5,17H2,1H3. The molecule has 0 saturated heterocycles. The average Bonchev–Trinajstić information content (AvgIpc) is 2.77. The molecule has 0 saturated carbocycles. The Morgan fingerprint density at radius 1 is 1.32 bits per heavy atom. The molecule has 0 aliphatic heterocycles. The molecule has 3 N–H and O–H groups in total. The van der Waals surface area contributed by atoms with Crippen molar-refractivity contribution < 1.29 is 8.78 Å². The fourth-order valence-corrected chi connectivity index (χ4v) is 3.00. The number of hydrogen-bond acceptors (Lipinski definition) is 3.